The average Bonchev–Trinajstić information content (AvgIpc) is 2.62. The Labute approximate surface area is 159 Å². The minimum absolute atomic E-state index is 0. The van der Waals surface area contributed by atoms with Crippen LogP contribution in [0.3, 0.4) is 0 Å². The van der Waals surface area contributed by atoms with Gasteiger partial charge in [-0.05, 0) is 31.4 Å². The zero-order chi connectivity index (χ0) is 17.9. The zero-order valence-electron chi connectivity index (χ0n) is 14.9. The van der Waals surface area contributed by atoms with Gasteiger partial charge in [-0.15, -0.1) is 12.4 Å². The van der Waals surface area contributed by atoms with Gasteiger partial charge in [0.15, 0.2) is 0 Å². The van der Waals surface area contributed by atoms with E-state index in [1.54, 1.807) is 0 Å². The number of anilines is 1. The number of aryl methyl sites for hydroxylation is 1. The van der Waals surface area contributed by atoms with Crippen molar-refractivity contribution < 1.29 is 4.79 Å². The Morgan fingerprint density at radius 2 is 2.00 bits per heavy atom. The van der Waals surface area contributed by atoms with Gasteiger partial charge < -0.3 is 16.0 Å². The van der Waals surface area contributed by atoms with Crippen LogP contribution < -0.4 is 16.6 Å². The van der Waals surface area contributed by atoms with Crippen LogP contribution in [0.5, 0.6) is 0 Å². The minimum atomic E-state index is -0.789. The topological polar surface area (TPSA) is 101 Å². The number of H-pyrrole nitrogens is 1. The van der Waals surface area contributed by atoms with Gasteiger partial charge in [0, 0.05) is 23.0 Å². The van der Waals surface area contributed by atoms with Crippen molar-refractivity contribution in [2.24, 2.45) is 5.73 Å². The number of hydrogen-bond acceptors (Lipinski definition) is 4. The lowest BCUT2D eigenvalue weighted by Crippen LogP contribution is -2.52. The summed E-state index contributed by atoms with van der Waals surface area (Å²) in [7, 11) is 0. The van der Waals surface area contributed by atoms with E-state index in [1.165, 1.54) is 6.07 Å². The van der Waals surface area contributed by atoms with Crippen LogP contribution in [0, 0.1) is 0 Å². The van der Waals surface area contributed by atoms with Crippen molar-refractivity contribution >= 4 is 24.0 Å². The molecule has 0 bridgehead atoms. The number of aromatic amines is 1. The van der Waals surface area contributed by atoms with Gasteiger partial charge in [-0.3, -0.25) is 9.59 Å². The molecule has 0 aliphatic heterocycles. The molecular weight excluding hydrogens is 352 g/mol. The highest BCUT2D eigenvalue weighted by atomic mass is 35.5. The van der Waals surface area contributed by atoms with Crippen LogP contribution in [-0.2, 0) is 11.2 Å². The first kappa shape index (κ1) is 20.1. The van der Waals surface area contributed by atoms with Crippen LogP contribution in [-0.4, -0.2) is 21.4 Å². The molecule has 1 aliphatic rings. The second-order valence-corrected chi connectivity index (χ2v) is 6.69. The Bertz CT molecular complexity index is 828. The number of rotatable bonds is 4. The molecule has 1 heterocycles. The van der Waals surface area contributed by atoms with E-state index in [1.807, 2.05) is 31.2 Å². The molecule has 2 aromatic rings. The number of carbonyl (C=O) groups excluding carboxylic acids is 1. The van der Waals surface area contributed by atoms with Crippen LogP contribution in [0.1, 0.15) is 44.7 Å². The van der Waals surface area contributed by atoms with Crippen molar-refractivity contribution in [2.75, 3.05) is 5.32 Å². The van der Waals surface area contributed by atoms with Crippen LogP contribution >= 0.6 is 12.4 Å². The lowest BCUT2D eigenvalue weighted by atomic mass is 9.82. The van der Waals surface area contributed by atoms with Gasteiger partial charge in [0.2, 0.25) is 5.91 Å². The van der Waals surface area contributed by atoms with Gasteiger partial charge in [-0.25, -0.2) is 4.98 Å². The average molecular weight is 377 g/mol. The molecule has 1 aliphatic carbocycles. The number of nitrogens with one attached hydrogen (secondary N) is 2. The molecule has 1 amide bonds. The normalized spacial score (nSPS) is 15.8. The van der Waals surface area contributed by atoms with Gasteiger partial charge in [0.1, 0.15) is 5.82 Å². The van der Waals surface area contributed by atoms with E-state index in [0.717, 1.165) is 30.5 Å². The van der Waals surface area contributed by atoms with Crippen LogP contribution in [0.2, 0.25) is 0 Å². The van der Waals surface area contributed by atoms with Crippen molar-refractivity contribution in [1.29, 1.82) is 0 Å². The molecule has 1 fully saturated rings. The molecular formula is C19H25ClN4O2. The highest BCUT2D eigenvalue weighted by Gasteiger charge is 2.35. The molecule has 1 aromatic carbocycles. The van der Waals surface area contributed by atoms with Crippen molar-refractivity contribution in [3.05, 3.63) is 46.4 Å². The molecule has 26 heavy (non-hydrogen) atoms. The standard InChI is InChI=1S/C19H24N4O2.ClH/c1-2-14-12-16(24)23-17(21-14)13-7-6-8-15(11-13)22-18(25)19(20)9-4-3-5-10-19;/h6-8,11-12H,2-5,9-10,20H2,1H3,(H,22,25)(H,21,23,24);1H. The van der Waals surface area contributed by atoms with E-state index < -0.39 is 5.54 Å². The smallest absolute Gasteiger partial charge is 0.251 e. The molecule has 7 heteroatoms. The fraction of sp³-hybridized carbons (Fsp3) is 0.421. The lowest BCUT2D eigenvalue weighted by Gasteiger charge is -2.31. The maximum absolute atomic E-state index is 12.6. The van der Waals surface area contributed by atoms with E-state index in [-0.39, 0.29) is 23.9 Å². The summed E-state index contributed by atoms with van der Waals surface area (Å²) >= 11 is 0. The molecule has 1 aromatic heterocycles. The molecule has 1 saturated carbocycles. The van der Waals surface area contributed by atoms with Gasteiger partial charge in [-0.1, -0.05) is 38.3 Å². The molecule has 4 N–H and O–H groups in total. The predicted octanol–water partition coefficient (Wildman–Crippen LogP) is 3.02. The molecule has 0 radical (unpaired) electrons. The SMILES string of the molecule is CCc1cc(=O)[nH]c(-c2cccc(NC(=O)C3(N)CCCCC3)c2)n1.Cl. The summed E-state index contributed by atoms with van der Waals surface area (Å²) in [6.07, 6.45) is 5.22. The van der Waals surface area contributed by atoms with Crippen molar-refractivity contribution in [3.8, 4) is 11.4 Å². The highest BCUT2D eigenvalue weighted by molar-refractivity contribution is 5.98. The number of carbonyl (C=O) groups is 1. The summed E-state index contributed by atoms with van der Waals surface area (Å²) in [5.74, 6) is 0.355. The second-order valence-electron chi connectivity index (χ2n) is 6.69. The Hall–Kier alpha value is -2.18. The largest absolute Gasteiger partial charge is 0.324 e. The number of amides is 1. The van der Waals surface area contributed by atoms with Crippen LogP contribution in [0.25, 0.3) is 11.4 Å². The van der Waals surface area contributed by atoms with E-state index in [0.29, 0.717) is 30.8 Å². The zero-order valence-corrected chi connectivity index (χ0v) is 15.7. The Balaban J connectivity index is 0.00000243. The molecule has 0 unspecified atom stereocenters. The van der Waals surface area contributed by atoms with Crippen molar-refractivity contribution in [3.63, 3.8) is 0 Å². The number of benzene rings is 1. The molecule has 140 valence electrons. The van der Waals surface area contributed by atoms with Crippen LogP contribution in [0.15, 0.2) is 35.1 Å². The summed E-state index contributed by atoms with van der Waals surface area (Å²) in [6, 6.07) is 8.80. The van der Waals surface area contributed by atoms with Crippen molar-refractivity contribution in [2.45, 2.75) is 51.0 Å². The van der Waals surface area contributed by atoms with E-state index >= 15 is 0 Å². The number of nitrogens with two attached hydrogens (primary N) is 1. The fourth-order valence-corrected chi connectivity index (χ4v) is 3.24. The number of hydrogen-bond donors (Lipinski definition) is 3. The summed E-state index contributed by atoms with van der Waals surface area (Å²) in [4.78, 5) is 31.6. The maximum atomic E-state index is 12.6. The molecule has 0 atom stereocenters. The van der Waals surface area contributed by atoms with E-state index in [2.05, 4.69) is 15.3 Å². The minimum Gasteiger partial charge on any atom is -0.324 e. The predicted molar refractivity (Wildman–Crippen MR) is 106 cm³/mol. The van der Waals surface area contributed by atoms with Gasteiger partial charge >= 0.3 is 0 Å². The fourth-order valence-electron chi connectivity index (χ4n) is 3.24. The third kappa shape index (κ3) is 4.51. The first-order valence-corrected chi connectivity index (χ1v) is 8.81. The van der Waals surface area contributed by atoms with Gasteiger partial charge in [0.05, 0.1) is 5.54 Å². The molecule has 0 spiro atoms. The first-order chi connectivity index (χ1) is 12.0. The van der Waals surface area contributed by atoms with Crippen molar-refractivity contribution in [1.82, 2.24) is 9.97 Å². The Morgan fingerprint density at radius 3 is 2.69 bits per heavy atom. The highest BCUT2D eigenvalue weighted by Crippen LogP contribution is 2.28. The summed E-state index contributed by atoms with van der Waals surface area (Å²) in [6.45, 7) is 1.95. The van der Waals surface area contributed by atoms with E-state index in [9.17, 15) is 9.59 Å². The second kappa shape index (κ2) is 8.47. The lowest BCUT2D eigenvalue weighted by molar-refractivity contribution is -0.122. The molecule has 3 rings (SSSR count). The quantitative estimate of drug-likeness (QED) is 0.763. The Kier molecular flexibility index (Phi) is 6.56. The van der Waals surface area contributed by atoms with E-state index in [4.69, 9.17) is 5.73 Å². The molecule has 6 nitrogen and oxygen atoms in total. The third-order valence-corrected chi connectivity index (χ3v) is 4.75. The van der Waals surface area contributed by atoms with Gasteiger partial charge in [-0.2, -0.15) is 0 Å². The number of halogens is 1. The monoisotopic (exact) mass is 376 g/mol. The van der Waals surface area contributed by atoms with Crippen LogP contribution in [0.4, 0.5) is 5.69 Å². The first-order valence-electron chi connectivity index (χ1n) is 8.81. The third-order valence-electron chi connectivity index (χ3n) is 4.75. The number of nitrogens with zero attached hydrogens (tertiary/aromatic N) is 1. The van der Waals surface area contributed by atoms with Gasteiger partial charge in [0.25, 0.3) is 5.56 Å². The summed E-state index contributed by atoms with van der Waals surface area (Å²) in [5.41, 5.74) is 7.45. The summed E-state index contributed by atoms with van der Waals surface area (Å²) in [5, 5.41) is 2.92. The summed E-state index contributed by atoms with van der Waals surface area (Å²) < 4.78 is 0. The maximum Gasteiger partial charge on any atom is 0.251 e. The Morgan fingerprint density at radius 1 is 1.27 bits per heavy atom. The molecule has 0 saturated heterocycles. The number of aromatic nitrogens is 2.